The molecule has 0 N–H and O–H groups in total. The Morgan fingerprint density at radius 3 is 2.59 bits per heavy atom. The molecular formula is C20H25NO. The summed E-state index contributed by atoms with van der Waals surface area (Å²) >= 11 is 0. The third kappa shape index (κ3) is 2.67. The molecule has 2 aromatic rings. The molecule has 1 unspecified atom stereocenters. The monoisotopic (exact) mass is 295 g/mol. The highest BCUT2D eigenvalue weighted by atomic mass is 16.1. The predicted molar refractivity (Wildman–Crippen MR) is 91.5 cm³/mol. The average Bonchev–Trinajstić information content (AvgIpc) is 2.43. The minimum absolute atomic E-state index is 0.121. The Morgan fingerprint density at radius 1 is 1.23 bits per heavy atom. The molecule has 0 saturated carbocycles. The zero-order valence-corrected chi connectivity index (χ0v) is 14.3. The van der Waals surface area contributed by atoms with Crippen LogP contribution in [0.25, 0.3) is 10.9 Å². The van der Waals surface area contributed by atoms with E-state index >= 15 is 0 Å². The van der Waals surface area contributed by atoms with Gasteiger partial charge in [-0.15, -0.1) is 0 Å². The number of rotatable bonds is 1. The molecule has 116 valence electrons. The van der Waals surface area contributed by atoms with Crippen LogP contribution in [0.1, 0.15) is 61.3 Å². The van der Waals surface area contributed by atoms with Crippen LogP contribution in [0.15, 0.2) is 18.2 Å². The number of pyridine rings is 1. The van der Waals surface area contributed by atoms with Crippen LogP contribution in [-0.4, -0.2) is 10.8 Å². The van der Waals surface area contributed by atoms with Crippen molar-refractivity contribution in [2.45, 2.75) is 53.9 Å². The first-order valence-electron chi connectivity index (χ1n) is 8.20. The van der Waals surface area contributed by atoms with Gasteiger partial charge in [0.05, 0.1) is 5.52 Å². The highest BCUT2D eigenvalue weighted by molar-refractivity contribution is 5.98. The smallest absolute Gasteiger partial charge is 0.159 e. The van der Waals surface area contributed by atoms with Crippen molar-refractivity contribution in [3.05, 3.63) is 40.6 Å². The number of carbonyl (C=O) groups is 1. The molecule has 0 spiro atoms. The molecule has 0 aliphatic heterocycles. The van der Waals surface area contributed by atoms with E-state index in [1.54, 1.807) is 6.92 Å². The molecule has 0 bridgehead atoms. The third-order valence-corrected chi connectivity index (χ3v) is 5.10. The molecule has 1 atom stereocenters. The molecule has 0 saturated heterocycles. The summed E-state index contributed by atoms with van der Waals surface area (Å²) < 4.78 is 0. The number of ketones is 1. The first-order chi connectivity index (χ1) is 10.3. The van der Waals surface area contributed by atoms with Crippen molar-refractivity contribution in [2.24, 2.45) is 11.3 Å². The number of hydrogen-bond acceptors (Lipinski definition) is 2. The van der Waals surface area contributed by atoms with Crippen molar-refractivity contribution >= 4 is 16.7 Å². The molecule has 1 aromatic carbocycles. The lowest BCUT2D eigenvalue weighted by molar-refractivity contribution is 0.101. The Morgan fingerprint density at radius 2 is 1.95 bits per heavy atom. The van der Waals surface area contributed by atoms with E-state index in [9.17, 15) is 4.79 Å². The van der Waals surface area contributed by atoms with Crippen LogP contribution in [0.2, 0.25) is 0 Å². The lowest BCUT2D eigenvalue weighted by Gasteiger charge is -2.34. The fourth-order valence-electron chi connectivity index (χ4n) is 3.56. The Labute approximate surface area is 133 Å². The number of benzene rings is 1. The molecule has 1 aromatic heterocycles. The van der Waals surface area contributed by atoms with Crippen LogP contribution in [0.5, 0.6) is 0 Å². The molecule has 2 nitrogen and oxygen atoms in total. The fourth-order valence-corrected chi connectivity index (χ4v) is 3.56. The summed E-state index contributed by atoms with van der Waals surface area (Å²) in [6, 6.07) is 6.23. The van der Waals surface area contributed by atoms with E-state index in [1.807, 2.05) is 12.1 Å². The van der Waals surface area contributed by atoms with Crippen LogP contribution >= 0.6 is 0 Å². The molecule has 0 amide bonds. The molecule has 1 aliphatic carbocycles. The van der Waals surface area contributed by atoms with Crippen molar-refractivity contribution in [1.82, 2.24) is 4.98 Å². The molecule has 2 heteroatoms. The average molecular weight is 295 g/mol. The quantitative estimate of drug-likeness (QED) is 0.701. The van der Waals surface area contributed by atoms with Crippen LogP contribution in [-0.2, 0) is 12.8 Å². The van der Waals surface area contributed by atoms with Crippen molar-refractivity contribution in [3.8, 4) is 0 Å². The summed E-state index contributed by atoms with van der Waals surface area (Å²) in [6.07, 6.45) is 3.39. The number of hydrogen-bond donors (Lipinski definition) is 0. The van der Waals surface area contributed by atoms with Gasteiger partial charge in [0.25, 0.3) is 0 Å². The van der Waals surface area contributed by atoms with Gasteiger partial charge in [-0.2, -0.15) is 0 Å². The second-order valence-electron chi connectivity index (χ2n) is 7.82. The summed E-state index contributed by atoms with van der Waals surface area (Å²) in [5.74, 6) is 0.826. The Bertz CT molecular complexity index is 752. The van der Waals surface area contributed by atoms with Crippen LogP contribution in [0, 0.1) is 18.3 Å². The Balaban J connectivity index is 2.11. The van der Waals surface area contributed by atoms with E-state index in [0.717, 1.165) is 34.9 Å². The maximum absolute atomic E-state index is 11.7. The van der Waals surface area contributed by atoms with Crippen molar-refractivity contribution in [3.63, 3.8) is 0 Å². The van der Waals surface area contributed by atoms with Gasteiger partial charge in [-0.1, -0.05) is 20.8 Å². The highest BCUT2D eigenvalue weighted by Gasteiger charge is 2.29. The first kappa shape index (κ1) is 15.2. The molecular weight excluding hydrogens is 270 g/mol. The molecule has 0 radical (unpaired) electrons. The van der Waals surface area contributed by atoms with E-state index in [4.69, 9.17) is 4.98 Å². The number of aryl methyl sites for hydroxylation is 2. The lowest BCUT2D eigenvalue weighted by Crippen LogP contribution is -2.27. The second kappa shape index (κ2) is 5.19. The number of nitrogens with zero attached hydrogens (tertiary/aromatic N) is 1. The van der Waals surface area contributed by atoms with Crippen molar-refractivity contribution in [2.75, 3.05) is 0 Å². The third-order valence-electron chi connectivity index (χ3n) is 5.10. The van der Waals surface area contributed by atoms with E-state index in [0.29, 0.717) is 11.3 Å². The normalized spacial score (nSPS) is 18.3. The van der Waals surface area contributed by atoms with Gasteiger partial charge in [-0.05, 0) is 73.8 Å². The van der Waals surface area contributed by atoms with Gasteiger partial charge in [-0.25, -0.2) is 0 Å². The van der Waals surface area contributed by atoms with E-state index in [-0.39, 0.29) is 5.78 Å². The van der Waals surface area contributed by atoms with Gasteiger partial charge in [0.15, 0.2) is 5.78 Å². The highest BCUT2D eigenvalue weighted by Crippen LogP contribution is 2.37. The van der Waals surface area contributed by atoms with Gasteiger partial charge < -0.3 is 0 Å². The minimum Gasteiger partial charge on any atom is -0.295 e. The Hall–Kier alpha value is -1.70. The van der Waals surface area contributed by atoms with Crippen molar-refractivity contribution in [1.29, 1.82) is 0 Å². The van der Waals surface area contributed by atoms with Crippen LogP contribution in [0.3, 0.4) is 0 Å². The predicted octanol–water partition coefficient (Wildman–Crippen LogP) is 4.90. The number of Topliss-reactive ketones (excluding diaryl/α,β-unsaturated/α-hetero) is 1. The lowest BCUT2D eigenvalue weighted by atomic mass is 9.71. The topological polar surface area (TPSA) is 30.0 Å². The molecule has 22 heavy (non-hydrogen) atoms. The Kier molecular flexibility index (Phi) is 3.58. The SMILES string of the molecule is CC(=O)c1cc(C)c2nc3c(cc2c1)CC(C(C)(C)C)CC3. The zero-order valence-electron chi connectivity index (χ0n) is 14.3. The van der Waals surface area contributed by atoms with Gasteiger partial charge >= 0.3 is 0 Å². The molecule has 1 aliphatic rings. The summed E-state index contributed by atoms with van der Waals surface area (Å²) in [7, 11) is 0. The summed E-state index contributed by atoms with van der Waals surface area (Å²) in [6.45, 7) is 10.7. The largest absolute Gasteiger partial charge is 0.295 e. The number of aromatic nitrogens is 1. The summed E-state index contributed by atoms with van der Waals surface area (Å²) in [4.78, 5) is 16.6. The van der Waals surface area contributed by atoms with Gasteiger partial charge in [0.2, 0.25) is 0 Å². The fraction of sp³-hybridized carbons (Fsp3) is 0.500. The van der Waals surface area contributed by atoms with Crippen LogP contribution in [0.4, 0.5) is 0 Å². The maximum Gasteiger partial charge on any atom is 0.159 e. The molecule has 3 rings (SSSR count). The standard InChI is InChI=1S/C20H25NO/c1-12-8-14(13(2)22)9-16-10-15-11-17(20(3,4)5)6-7-18(15)21-19(12)16/h8-10,17H,6-7,11H2,1-5H3. The minimum atomic E-state index is 0.121. The molecule has 0 fully saturated rings. The zero-order chi connectivity index (χ0) is 16.1. The molecule has 1 heterocycles. The van der Waals surface area contributed by atoms with Gasteiger partial charge in [-0.3, -0.25) is 9.78 Å². The maximum atomic E-state index is 11.7. The summed E-state index contributed by atoms with van der Waals surface area (Å²) in [5, 5.41) is 1.11. The number of fused-ring (bicyclic) bond motifs is 2. The van der Waals surface area contributed by atoms with Gasteiger partial charge in [0.1, 0.15) is 0 Å². The van der Waals surface area contributed by atoms with Crippen LogP contribution < -0.4 is 0 Å². The first-order valence-corrected chi connectivity index (χ1v) is 8.20. The summed E-state index contributed by atoms with van der Waals surface area (Å²) in [5.41, 5.74) is 5.91. The van der Waals surface area contributed by atoms with Crippen molar-refractivity contribution < 1.29 is 4.79 Å². The van der Waals surface area contributed by atoms with E-state index < -0.39 is 0 Å². The van der Waals surface area contributed by atoms with Gasteiger partial charge in [0, 0.05) is 16.6 Å². The number of carbonyl (C=O) groups excluding carboxylic acids is 1. The second-order valence-corrected chi connectivity index (χ2v) is 7.82. The van der Waals surface area contributed by atoms with E-state index in [1.165, 1.54) is 17.7 Å². The van der Waals surface area contributed by atoms with E-state index in [2.05, 4.69) is 33.8 Å².